The van der Waals surface area contributed by atoms with Gasteiger partial charge in [0.2, 0.25) is 11.9 Å². The van der Waals surface area contributed by atoms with E-state index in [9.17, 15) is 9.90 Å². The van der Waals surface area contributed by atoms with Crippen molar-refractivity contribution >= 4 is 57.1 Å². The number of aromatic nitrogens is 6. The van der Waals surface area contributed by atoms with Crippen LogP contribution in [0.1, 0.15) is 30.9 Å². The molecule has 4 N–H and O–H groups in total. The quantitative estimate of drug-likeness (QED) is 0.327. The molecule has 6 rings (SSSR count). The lowest BCUT2D eigenvalue weighted by Gasteiger charge is -2.23. The first-order valence-electron chi connectivity index (χ1n) is 10.6. The molecule has 0 aromatic carbocycles. The van der Waals surface area contributed by atoms with Crippen LogP contribution in [0, 0.1) is 0 Å². The number of nitrogens with one attached hydrogen (secondary N) is 3. The van der Waals surface area contributed by atoms with Gasteiger partial charge >= 0.3 is 0 Å². The highest BCUT2D eigenvalue weighted by Gasteiger charge is 2.38. The number of carbonyl (C=O) groups excluding carboxylic acids is 1. The van der Waals surface area contributed by atoms with Gasteiger partial charge in [0.25, 0.3) is 0 Å². The van der Waals surface area contributed by atoms with Gasteiger partial charge in [0.05, 0.1) is 12.3 Å². The number of hydrogen-bond donors (Lipinski definition) is 4. The predicted molar refractivity (Wildman–Crippen MR) is 124 cm³/mol. The fourth-order valence-electron chi connectivity index (χ4n) is 4.05. The second-order valence-corrected chi connectivity index (χ2v) is 9.88. The van der Waals surface area contributed by atoms with Crippen LogP contribution in [0.4, 0.5) is 22.7 Å². The van der Waals surface area contributed by atoms with E-state index >= 15 is 0 Å². The number of carbonyl (C=O) groups is 1. The molecule has 0 bridgehead atoms. The van der Waals surface area contributed by atoms with Crippen molar-refractivity contribution in [3.8, 4) is 0 Å². The fraction of sp³-hybridized carbons (Fsp3) is 0.350. The van der Waals surface area contributed by atoms with Crippen LogP contribution in [0.15, 0.2) is 30.6 Å². The number of anilines is 4. The lowest BCUT2D eigenvalue weighted by atomic mass is 10.2. The summed E-state index contributed by atoms with van der Waals surface area (Å²) in [6.45, 7) is 0.233. The molecule has 0 spiro atoms. The number of fused-ring (bicyclic) bond motifs is 1. The van der Waals surface area contributed by atoms with Crippen LogP contribution in [0.25, 0.3) is 5.52 Å². The standard InChI is InChI=1S/C20H20ClN9O2S/c21-15-8-22-20(33-15)25-18(32)14-6-11(31)9-29(14)19-24-17(13-2-1-5-30(13)28-19)23-16-7-12(26-27-16)10-3-4-10/h1-2,5,7-8,10-11,14,31H,3-4,6,9H2,(H,22,25,32)(H2,23,24,26,27,28)/t11-,14-/m0/s1. The zero-order valence-corrected chi connectivity index (χ0v) is 18.8. The summed E-state index contributed by atoms with van der Waals surface area (Å²) < 4.78 is 2.17. The number of aromatic amines is 1. The average molecular weight is 486 g/mol. The van der Waals surface area contributed by atoms with Crippen LogP contribution in [0.2, 0.25) is 4.34 Å². The normalized spacial score (nSPS) is 20.5. The second kappa shape index (κ2) is 7.97. The number of β-amino-alcohol motifs (C(OH)–C–C–N with tert-alkyl or cyclic N) is 1. The summed E-state index contributed by atoms with van der Waals surface area (Å²) in [6, 6.07) is 5.10. The number of nitrogens with zero attached hydrogens (tertiary/aromatic N) is 6. The monoisotopic (exact) mass is 485 g/mol. The van der Waals surface area contributed by atoms with Gasteiger partial charge in [-0.1, -0.05) is 22.9 Å². The van der Waals surface area contributed by atoms with Crippen molar-refractivity contribution in [2.24, 2.45) is 0 Å². The van der Waals surface area contributed by atoms with Gasteiger partial charge in [-0.2, -0.15) is 10.1 Å². The Bertz CT molecular complexity index is 1330. The van der Waals surface area contributed by atoms with Crippen LogP contribution in [-0.2, 0) is 4.79 Å². The molecule has 2 fully saturated rings. The Morgan fingerprint density at radius 3 is 3.03 bits per heavy atom. The van der Waals surface area contributed by atoms with Gasteiger partial charge in [-0.25, -0.2) is 9.50 Å². The average Bonchev–Trinajstić information content (AvgIpc) is 3.17. The molecule has 2 atom stereocenters. The van der Waals surface area contributed by atoms with Crippen molar-refractivity contribution in [2.45, 2.75) is 37.3 Å². The zero-order chi connectivity index (χ0) is 22.5. The molecule has 4 aromatic heterocycles. The van der Waals surface area contributed by atoms with Crippen molar-refractivity contribution in [3.05, 3.63) is 40.6 Å². The first kappa shape index (κ1) is 20.4. The van der Waals surface area contributed by atoms with Gasteiger partial charge in [-0.15, -0.1) is 5.10 Å². The first-order valence-corrected chi connectivity index (χ1v) is 11.8. The van der Waals surface area contributed by atoms with E-state index in [1.54, 1.807) is 9.42 Å². The van der Waals surface area contributed by atoms with Gasteiger partial charge in [0, 0.05) is 36.8 Å². The fourth-order valence-corrected chi connectivity index (χ4v) is 4.86. The van der Waals surface area contributed by atoms with E-state index in [0.29, 0.717) is 33.0 Å². The summed E-state index contributed by atoms with van der Waals surface area (Å²) in [5.74, 6) is 1.81. The molecule has 1 saturated carbocycles. The minimum Gasteiger partial charge on any atom is -0.391 e. The van der Waals surface area contributed by atoms with Gasteiger partial charge < -0.3 is 20.6 Å². The number of aliphatic hydroxyl groups excluding tert-OH is 1. The molecule has 1 aliphatic heterocycles. The van der Waals surface area contributed by atoms with Crippen molar-refractivity contribution in [1.29, 1.82) is 0 Å². The van der Waals surface area contributed by atoms with Crippen LogP contribution in [0.5, 0.6) is 0 Å². The maximum atomic E-state index is 13.0. The minimum absolute atomic E-state index is 0.233. The number of amides is 1. The van der Waals surface area contributed by atoms with Crippen LogP contribution in [-0.4, -0.2) is 59.5 Å². The molecule has 4 aromatic rings. The van der Waals surface area contributed by atoms with Crippen molar-refractivity contribution < 1.29 is 9.90 Å². The van der Waals surface area contributed by atoms with E-state index in [1.165, 1.54) is 30.4 Å². The first-order chi connectivity index (χ1) is 16.0. The van der Waals surface area contributed by atoms with E-state index in [-0.39, 0.29) is 18.9 Å². The third-order valence-electron chi connectivity index (χ3n) is 5.79. The number of rotatable bonds is 6. The lowest BCUT2D eigenvalue weighted by Crippen LogP contribution is -2.41. The van der Waals surface area contributed by atoms with Gasteiger partial charge in [0.15, 0.2) is 16.8 Å². The van der Waals surface area contributed by atoms with Crippen LogP contribution in [0.3, 0.4) is 0 Å². The topological polar surface area (TPSA) is 136 Å². The smallest absolute Gasteiger partial charge is 0.249 e. The number of halogens is 1. The Balaban J connectivity index is 1.30. The van der Waals surface area contributed by atoms with Gasteiger partial charge in [0.1, 0.15) is 15.9 Å². The molecule has 1 saturated heterocycles. The summed E-state index contributed by atoms with van der Waals surface area (Å²) >= 11 is 7.09. The minimum atomic E-state index is -0.687. The molecule has 0 radical (unpaired) electrons. The SMILES string of the molecule is O=C(Nc1ncc(Cl)s1)[C@@H]1C[C@H](O)CN1c1nc(Nc2cc(C3CC3)[nH]n2)c2cccn2n1. The lowest BCUT2D eigenvalue weighted by molar-refractivity contribution is -0.117. The van der Waals surface area contributed by atoms with E-state index < -0.39 is 12.1 Å². The maximum Gasteiger partial charge on any atom is 0.249 e. The molecular weight excluding hydrogens is 466 g/mol. The molecule has 5 heterocycles. The Morgan fingerprint density at radius 1 is 1.36 bits per heavy atom. The molecule has 11 nitrogen and oxygen atoms in total. The largest absolute Gasteiger partial charge is 0.391 e. The molecule has 1 aliphatic carbocycles. The van der Waals surface area contributed by atoms with E-state index in [4.69, 9.17) is 16.6 Å². The molecule has 0 unspecified atom stereocenters. The summed E-state index contributed by atoms with van der Waals surface area (Å²) in [5.41, 5.74) is 1.88. The molecule has 33 heavy (non-hydrogen) atoms. The predicted octanol–water partition coefficient (Wildman–Crippen LogP) is 2.76. The van der Waals surface area contributed by atoms with Crippen molar-refractivity contribution in [1.82, 2.24) is 29.8 Å². The Morgan fingerprint density at radius 2 is 2.24 bits per heavy atom. The van der Waals surface area contributed by atoms with Crippen LogP contribution >= 0.6 is 22.9 Å². The summed E-state index contributed by atoms with van der Waals surface area (Å²) in [7, 11) is 0. The third-order valence-corrected chi connectivity index (χ3v) is 6.82. The Labute approximate surface area is 196 Å². The number of aliphatic hydroxyl groups is 1. The van der Waals surface area contributed by atoms with Crippen molar-refractivity contribution in [2.75, 3.05) is 22.1 Å². The zero-order valence-electron chi connectivity index (χ0n) is 17.3. The highest BCUT2D eigenvalue weighted by Crippen LogP contribution is 2.39. The Kier molecular flexibility index (Phi) is 4.93. The number of thiazole rings is 1. The molecule has 170 valence electrons. The molecular formula is C20H20ClN9O2S. The van der Waals surface area contributed by atoms with Gasteiger partial charge in [-0.05, 0) is 25.0 Å². The molecule has 2 aliphatic rings. The van der Waals surface area contributed by atoms with E-state index in [2.05, 4.69) is 30.9 Å². The Hall–Kier alpha value is -3.22. The molecule has 1 amide bonds. The van der Waals surface area contributed by atoms with Crippen molar-refractivity contribution in [3.63, 3.8) is 0 Å². The number of hydrogen-bond acceptors (Lipinski definition) is 9. The molecule has 13 heteroatoms. The second-order valence-electron chi connectivity index (χ2n) is 8.22. The summed E-state index contributed by atoms with van der Waals surface area (Å²) in [5, 5.41) is 28.8. The van der Waals surface area contributed by atoms with E-state index in [0.717, 1.165) is 11.2 Å². The number of H-pyrrole nitrogens is 1. The van der Waals surface area contributed by atoms with Gasteiger partial charge in [-0.3, -0.25) is 9.89 Å². The maximum absolute atomic E-state index is 13.0. The highest BCUT2D eigenvalue weighted by molar-refractivity contribution is 7.19. The highest BCUT2D eigenvalue weighted by atomic mass is 35.5. The van der Waals surface area contributed by atoms with Crippen LogP contribution < -0.4 is 15.5 Å². The third kappa shape index (κ3) is 4.01. The van der Waals surface area contributed by atoms with E-state index in [1.807, 2.05) is 24.4 Å². The summed E-state index contributed by atoms with van der Waals surface area (Å²) in [4.78, 5) is 23.5. The summed E-state index contributed by atoms with van der Waals surface area (Å²) in [6.07, 6.45) is 5.21.